The largest absolute Gasteiger partial charge is 0.439 e. The predicted molar refractivity (Wildman–Crippen MR) is 105 cm³/mol. The zero-order chi connectivity index (χ0) is 18.2. The average molecular weight is 361 g/mol. The quantitative estimate of drug-likeness (QED) is 0.480. The first-order valence-corrected chi connectivity index (χ1v) is 9.80. The summed E-state index contributed by atoms with van der Waals surface area (Å²) in [7, 11) is -1.31. The molecule has 0 saturated carbocycles. The molecule has 3 aromatic rings. The zero-order valence-electron chi connectivity index (χ0n) is 14.6. The number of benzene rings is 3. The van der Waals surface area contributed by atoms with Crippen molar-refractivity contribution >= 4 is 8.38 Å². The molecule has 130 valence electrons. The van der Waals surface area contributed by atoms with Gasteiger partial charge in [0, 0.05) is 0 Å². The van der Waals surface area contributed by atoms with Crippen molar-refractivity contribution < 1.29 is 9.05 Å². The Kier molecular flexibility index (Phi) is 6.25. The van der Waals surface area contributed by atoms with Gasteiger partial charge in [0.15, 0.2) is 0 Å². The highest BCUT2D eigenvalue weighted by atomic mass is 31.2. The number of rotatable bonds is 7. The lowest BCUT2D eigenvalue weighted by Crippen LogP contribution is -2.08. The van der Waals surface area contributed by atoms with Crippen LogP contribution in [0.5, 0.6) is 11.5 Å². The highest BCUT2D eigenvalue weighted by Crippen LogP contribution is 2.43. The molecule has 4 heteroatoms. The number of nitriles is 1. The first-order valence-electron chi connectivity index (χ1n) is 8.44. The van der Waals surface area contributed by atoms with Crippen molar-refractivity contribution in [3.8, 4) is 17.6 Å². The highest BCUT2D eigenvalue weighted by molar-refractivity contribution is 7.48. The Morgan fingerprint density at radius 2 is 1.42 bits per heavy atom. The van der Waals surface area contributed by atoms with Crippen LogP contribution in [0.15, 0.2) is 84.9 Å². The lowest BCUT2D eigenvalue weighted by atomic mass is 10.0. The number of hydrogen-bond donors (Lipinski definition) is 0. The third-order valence-electron chi connectivity index (χ3n) is 3.83. The Bertz CT molecular complexity index is 821. The van der Waals surface area contributed by atoms with E-state index in [1.807, 2.05) is 91.9 Å². The maximum absolute atomic E-state index is 9.70. The zero-order valence-corrected chi connectivity index (χ0v) is 15.5. The Morgan fingerprint density at radius 3 is 1.92 bits per heavy atom. The molecule has 0 heterocycles. The summed E-state index contributed by atoms with van der Waals surface area (Å²) in [6, 6.07) is 29.6. The number of para-hydroxylation sites is 2. The second-order valence-electron chi connectivity index (χ2n) is 5.92. The molecule has 0 spiro atoms. The molecule has 0 amide bonds. The number of aryl methyl sites for hydroxylation is 1. The van der Waals surface area contributed by atoms with Crippen molar-refractivity contribution in [2.24, 2.45) is 0 Å². The van der Waals surface area contributed by atoms with Crippen LogP contribution in [0, 0.1) is 18.3 Å². The Labute approximate surface area is 155 Å². The van der Waals surface area contributed by atoms with Gasteiger partial charge in [-0.1, -0.05) is 66.2 Å². The average Bonchev–Trinajstić information content (AvgIpc) is 2.67. The molecular formula is C22H20NO2P. The van der Waals surface area contributed by atoms with Gasteiger partial charge < -0.3 is 9.05 Å². The van der Waals surface area contributed by atoms with E-state index in [4.69, 9.17) is 9.05 Å². The van der Waals surface area contributed by atoms with Crippen LogP contribution in [0.2, 0.25) is 0 Å². The molecule has 0 aliphatic carbocycles. The van der Waals surface area contributed by atoms with Crippen molar-refractivity contribution in [1.29, 1.82) is 5.26 Å². The van der Waals surface area contributed by atoms with Gasteiger partial charge in [0.05, 0.1) is 18.1 Å². The molecule has 0 aliphatic rings. The van der Waals surface area contributed by atoms with Gasteiger partial charge >= 0.3 is 0 Å². The van der Waals surface area contributed by atoms with E-state index in [0.29, 0.717) is 6.16 Å². The fraction of sp³-hybridized carbons (Fsp3) is 0.136. The van der Waals surface area contributed by atoms with E-state index < -0.39 is 8.38 Å². The molecule has 1 unspecified atom stereocenters. The maximum Gasteiger partial charge on any atom is 0.292 e. The van der Waals surface area contributed by atoms with E-state index in [-0.39, 0.29) is 5.92 Å². The van der Waals surface area contributed by atoms with Gasteiger partial charge in [-0.05, 0) is 36.8 Å². The van der Waals surface area contributed by atoms with Gasteiger partial charge in [0.1, 0.15) is 11.5 Å². The Hall–Kier alpha value is -2.82. The SMILES string of the molecule is Cc1cccc(C(C#N)CP(Oc2ccccc2)Oc2ccccc2)c1. The fourth-order valence-corrected chi connectivity index (χ4v) is 4.04. The minimum absolute atomic E-state index is 0.284. The van der Waals surface area contributed by atoms with E-state index >= 15 is 0 Å². The topological polar surface area (TPSA) is 42.2 Å². The summed E-state index contributed by atoms with van der Waals surface area (Å²) in [5.74, 6) is 1.21. The fourth-order valence-electron chi connectivity index (χ4n) is 2.55. The summed E-state index contributed by atoms with van der Waals surface area (Å²) < 4.78 is 12.2. The second kappa shape index (κ2) is 9.04. The van der Waals surface area contributed by atoms with Crippen LogP contribution in [0.4, 0.5) is 0 Å². The van der Waals surface area contributed by atoms with Crippen molar-refractivity contribution in [2.45, 2.75) is 12.8 Å². The molecule has 0 aromatic heterocycles. The van der Waals surface area contributed by atoms with Crippen molar-refractivity contribution in [1.82, 2.24) is 0 Å². The van der Waals surface area contributed by atoms with Crippen LogP contribution in [0.3, 0.4) is 0 Å². The van der Waals surface area contributed by atoms with Crippen LogP contribution >= 0.6 is 8.38 Å². The lowest BCUT2D eigenvalue weighted by molar-refractivity contribution is 0.487. The van der Waals surface area contributed by atoms with Gasteiger partial charge in [0.25, 0.3) is 8.38 Å². The molecule has 0 bridgehead atoms. The van der Waals surface area contributed by atoms with Crippen LogP contribution < -0.4 is 9.05 Å². The lowest BCUT2D eigenvalue weighted by Gasteiger charge is -2.21. The molecule has 3 rings (SSSR count). The summed E-state index contributed by atoms with van der Waals surface area (Å²) in [4.78, 5) is 0. The minimum Gasteiger partial charge on any atom is -0.439 e. The molecule has 3 aromatic carbocycles. The highest BCUT2D eigenvalue weighted by Gasteiger charge is 2.23. The van der Waals surface area contributed by atoms with Crippen LogP contribution in [-0.4, -0.2) is 6.16 Å². The standard InChI is InChI=1S/C22H20NO2P/c1-18-9-8-10-19(15-18)20(16-23)17-26(24-21-11-4-2-5-12-21)25-22-13-6-3-7-14-22/h2-15,20H,17H2,1H3. The van der Waals surface area contributed by atoms with Crippen LogP contribution in [0.25, 0.3) is 0 Å². The molecule has 1 atom stereocenters. The van der Waals surface area contributed by atoms with E-state index in [1.54, 1.807) is 0 Å². The monoisotopic (exact) mass is 361 g/mol. The van der Waals surface area contributed by atoms with E-state index in [2.05, 4.69) is 6.07 Å². The van der Waals surface area contributed by atoms with E-state index in [9.17, 15) is 5.26 Å². The Morgan fingerprint density at radius 1 is 0.846 bits per heavy atom. The molecule has 3 nitrogen and oxygen atoms in total. The smallest absolute Gasteiger partial charge is 0.292 e. The molecule has 0 radical (unpaired) electrons. The summed E-state index contributed by atoms with van der Waals surface area (Å²) in [5, 5.41) is 9.70. The van der Waals surface area contributed by atoms with Crippen molar-refractivity contribution in [3.05, 3.63) is 96.1 Å². The molecule has 0 saturated heterocycles. The summed E-state index contributed by atoms with van der Waals surface area (Å²) in [6.07, 6.45) is 0.499. The third kappa shape index (κ3) is 5.09. The summed E-state index contributed by atoms with van der Waals surface area (Å²) in [5.41, 5.74) is 2.13. The first-order chi connectivity index (χ1) is 12.7. The van der Waals surface area contributed by atoms with Gasteiger partial charge in [-0.25, -0.2) is 0 Å². The number of nitrogens with zero attached hydrogens (tertiary/aromatic N) is 1. The van der Waals surface area contributed by atoms with Crippen LogP contribution in [0.1, 0.15) is 17.0 Å². The predicted octanol–water partition coefficient (Wildman–Crippen LogP) is 6.07. The summed E-state index contributed by atoms with van der Waals surface area (Å²) >= 11 is 0. The van der Waals surface area contributed by atoms with Gasteiger partial charge in [-0.3, -0.25) is 0 Å². The second-order valence-corrected chi connectivity index (χ2v) is 7.32. The molecular weight excluding hydrogens is 341 g/mol. The minimum atomic E-state index is -1.31. The maximum atomic E-state index is 9.70. The van der Waals surface area contributed by atoms with E-state index in [1.165, 1.54) is 0 Å². The Balaban J connectivity index is 1.80. The third-order valence-corrected chi connectivity index (χ3v) is 5.33. The molecule has 0 N–H and O–H groups in total. The number of hydrogen-bond acceptors (Lipinski definition) is 3. The van der Waals surface area contributed by atoms with Crippen molar-refractivity contribution in [2.75, 3.05) is 6.16 Å². The summed E-state index contributed by atoms with van der Waals surface area (Å²) in [6.45, 7) is 2.03. The van der Waals surface area contributed by atoms with Gasteiger partial charge in [0.2, 0.25) is 0 Å². The normalized spacial score (nSPS) is 11.6. The van der Waals surface area contributed by atoms with Gasteiger partial charge in [-0.2, -0.15) is 5.26 Å². The van der Waals surface area contributed by atoms with Crippen LogP contribution in [-0.2, 0) is 0 Å². The molecule has 0 fully saturated rings. The van der Waals surface area contributed by atoms with Gasteiger partial charge in [-0.15, -0.1) is 0 Å². The molecule has 0 aliphatic heterocycles. The van der Waals surface area contributed by atoms with Crippen molar-refractivity contribution in [3.63, 3.8) is 0 Å². The molecule has 26 heavy (non-hydrogen) atoms. The van der Waals surface area contributed by atoms with E-state index in [0.717, 1.165) is 22.6 Å². The first kappa shape index (κ1) is 18.0.